The van der Waals surface area contributed by atoms with Crippen LogP contribution in [0.15, 0.2) is 17.1 Å². The molecule has 8 heteroatoms. The minimum atomic E-state index is 0.110. The monoisotopic (exact) mass is 427 g/mol. The van der Waals surface area contributed by atoms with E-state index >= 15 is 0 Å². The van der Waals surface area contributed by atoms with Crippen LogP contribution in [0.3, 0.4) is 0 Å². The molecular formula is C20H34ClN5OS. The molecule has 1 aromatic heterocycles. The molecule has 1 aromatic rings. The molecule has 0 spiro atoms. The van der Waals surface area contributed by atoms with Crippen LogP contribution in [0.5, 0.6) is 0 Å². The summed E-state index contributed by atoms with van der Waals surface area (Å²) in [5.41, 5.74) is 0.110. The van der Waals surface area contributed by atoms with Crippen molar-refractivity contribution in [1.82, 2.24) is 20.0 Å². The highest BCUT2D eigenvalue weighted by Gasteiger charge is 2.35. The Morgan fingerprint density at radius 3 is 2.54 bits per heavy atom. The molecule has 2 aliphatic rings. The molecule has 0 bridgehead atoms. The van der Waals surface area contributed by atoms with Crippen molar-refractivity contribution in [2.24, 2.45) is 4.99 Å². The van der Waals surface area contributed by atoms with Crippen molar-refractivity contribution in [2.75, 3.05) is 66.6 Å². The molecule has 2 saturated heterocycles. The van der Waals surface area contributed by atoms with Crippen LogP contribution in [-0.4, -0.2) is 92.8 Å². The van der Waals surface area contributed by atoms with E-state index in [4.69, 9.17) is 21.3 Å². The molecule has 3 rings (SSSR count). The molecular weight excluding hydrogens is 394 g/mol. The predicted molar refractivity (Wildman–Crippen MR) is 119 cm³/mol. The number of piperazine rings is 1. The summed E-state index contributed by atoms with van der Waals surface area (Å²) in [5, 5.41) is 3.51. The van der Waals surface area contributed by atoms with E-state index in [-0.39, 0.29) is 5.54 Å². The second-order valence-electron chi connectivity index (χ2n) is 7.87. The van der Waals surface area contributed by atoms with E-state index in [0.29, 0.717) is 0 Å². The van der Waals surface area contributed by atoms with Crippen LogP contribution >= 0.6 is 22.9 Å². The lowest BCUT2D eigenvalue weighted by molar-refractivity contribution is -0.00268. The Bertz CT molecular complexity index is 636. The maximum Gasteiger partial charge on any atom is 0.194 e. The first-order valence-electron chi connectivity index (χ1n) is 10.3. The molecule has 0 atom stereocenters. The zero-order chi connectivity index (χ0) is 20.0. The first kappa shape index (κ1) is 21.8. The van der Waals surface area contributed by atoms with Gasteiger partial charge in [-0.25, -0.2) is 0 Å². The van der Waals surface area contributed by atoms with Crippen LogP contribution in [0.4, 0.5) is 0 Å². The lowest BCUT2D eigenvalue weighted by atomic mass is 9.89. The number of guanidine groups is 1. The summed E-state index contributed by atoms with van der Waals surface area (Å²) in [5.74, 6) is 1.05. The average molecular weight is 428 g/mol. The van der Waals surface area contributed by atoms with Crippen LogP contribution in [-0.2, 0) is 11.3 Å². The lowest BCUT2D eigenvalue weighted by Gasteiger charge is -2.42. The number of likely N-dealkylation sites (N-methyl/N-ethyl adjacent to an activating group) is 1. The van der Waals surface area contributed by atoms with Crippen LogP contribution in [0.25, 0.3) is 0 Å². The highest BCUT2D eigenvalue weighted by atomic mass is 35.5. The molecule has 3 heterocycles. The first-order valence-corrected chi connectivity index (χ1v) is 11.5. The smallest absolute Gasteiger partial charge is 0.194 e. The van der Waals surface area contributed by atoms with Crippen molar-refractivity contribution in [3.8, 4) is 0 Å². The van der Waals surface area contributed by atoms with Gasteiger partial charge in [0.05, 0.1) is 10.9 Å². The number of ether oxygens (including phenoxy) is 1. The zero-order valence-corrected chi connectivity index (χ0v) is 19.0. The maximum absolute atomic E-state index is 6.07. The Labute approximate surface area is 178 Å². The Hall–Kier alpha value is -0.860. The van der Waals surface area contributed by atoms with Gasteiger partial charge in [-0.1, -0.05) is 11.6 Å². The van der Waals surface area contributed by atoms with Crippen LogP contribution in [0.2, 0.25) is 4.34 Å². The Morgan fingerprint density at radius 1 is 1.25 bits per heavy atom. The topological polar surface area (TPSA) is 43.3 Å². The van der Waals surface area contributed by atoms with Crippen molar-refractivity contribution in [1.29, 1.82) is 0 Å². The Morgan fingerprint density at radius 2 is 1.96 bits per heavy atom. The number of nitrogens with zero attached hydrogens (tertiary/aromatic N) is 4. The minimum Gasteiger partial charge on any atom is -0.381 e. The minimum absolute atomic E-state index is 0.110. The Balaban J connectivity index is 1.58. The van der Waals surface area contributed by atoms with E-state index in [1.165, 1.54) is 4.88 Å². The molecule has 0 aliphatic carbocycles. The summed E-state index contributed by atoms with van der Waals surface area (Å²) in [6.45, 7) is 10.6. The van der Waals surface area contributed by atoms with Crippen molar-refractivity contribution in [3.63, 3.8) is 0 Å². The molecule has 0 saturated carbocycles. The van der Waals surface area contributed by atoms with Gasteiger partial charge in [-0.15, -0.1) is 11.3 Å². The summed E-state index contributed by atoms with van der Waals surface area (Å²) in [4.78, 5) is 13.7. The highest BCUT2D eigenvalue weighted by Crippen LogP contribution is 2.26. The standard InChI is InChI=1S/C20H34ClN5OS/c1-4-22-19(23-16-20(24(2)3)7-13-27-14-8-20)26-11-9-25(10-12-26)15-17-5-6-18(21)28-17/h5-6H,4,7-16H2,1-3H3,(H,22,23). The van der Waals surface area contributed by atoms with Gasteiger partial charge in [0.2, 0.25) is 0 Å². The molecule has 1 N–H and O–H groups in total. The summed E-state index contributed by atoms with van der Waals surface area (Å²) in [7, 11) is 4.34. The summed E-state index contributed by atoms with van der Waals surface area (Å²) >= 11 is 7.75. The van der Waals surface area contributed by atoms with Crippen molar-refractivity contribution >= 4 is 28.9 Å². The molecule has 0 aromatic carbocycles. The number of nitrogens with one attached hydrogen (secondary N) is 1. The van der Waals surface area contributed by atoms with Crippen molar-refractivity contribution < 1.29 is 4.74 Å². The van der Waals surface area contributed by atoms with Gasteiger partial charge in [0.15, 0.2) is 5.96 Å². The fraction of sp³-hybridized carbons (Fsp3) is 0.750. The number of hydrogen-bond acceptors (Lipinski definition) is 5. The number of aliphatic imine (C=N–C) groups is 1. The van der Waals surface area contributed by atoms with E-state index in [0.717, 1.165) is 82.2 Å². The SMILES string of the molecule is CCNC(=NCC1(N(C)C)CCOCC1)N1CCN(Cc2ccc(Cl)s2)CC1. The van der Waals surface area contributed by atoms with Gasteiger partial charge >= 0.3 is 0 Å². The second kappa shape index (κ2) is 10.3. The molecule has 28 heavy (non-hydrogen) atoms. The predicted octanol–water partition coefficient (Wildman–Crippen LogP) is 2.60. The van der Waals surface area contributed by atoms with E-state index in [1.807, 2.05) is 6.07 Å². The summed E-state index contributed by atoms with van der Waals surface area (Å²) in [6.07, 6.45) is 2.08. The molecule has 158 valence electrons. The largest absolute Gasteiger partial charge is 0.381 e. The third-order valence-corrected chi connectivity index (χ3v) is 7.13. The van der Waals surface area contributed by atoms with Crippen molar-refractivity contribution in [2.45, 2.75) is 31.8 Å². The van der Waals surface area contributed by atoms with Gasteiger partial charge in [0.1, 0.15) is 0 Å². The van der Waals surface area contributed by atoms with Crippen LogP contribution < -0.4 is 5.32 Å². The van der Waals surface area contributed by atoms with E-state index in [2.05, 4.69) is 47.1 Å². The number of thiophene rings is 1. The molecule has 0 amide bonds. The molecule has 2 aliphatic heterocycles. The van der Waals surface area contributed by atoms with E-state index in [1.54, 1.807) is 11.3 Å². The normalized spacial score (nSPS) is 21.3. The zero-order valence-electron chi connectivity index (χ0n) is 17.4. The highest BCUT2D eigenvalue weighted by molar-refractivity contribution is 7.16. The molecule has 6 nitrogen and oxygen atoms in total. The number of hydrogen-bond donors (Lipinski definition) is 1. The van der Waals surface area contributed by atoms with Crippen LogP contribution in [0.1, 0.15) is 24.6 Å². The molecule has 2 fully saturated rings. The fourth-order valence-corrected chi connectivity index (χ4v) is 5.05. The first-order chi connectivity index (χ1) is 13.5. The molecule has 0 unspecified atom stereocenters. The Kier molecular flexibility index (Phi) is 8.00. The summed E-state index contributed by atoms with van der Waals surface area (Å²) in [6, 6.07) is 4.13. The van der Waals surface area contributed by atoms with Gasteiger partial charge in [-0.2, -0.15) is 0 Å². The number of halogens is 1. The van der Waals surface area contributed by atoms with Crippen molar-refractivity contribution in [3.05, 3.63) is 21.3 Å². The molecule has 0 radical (unpaired) electrons. The van der Waals surface area contributed by atoms with Gasteiger partial charge in [-0.3, -0.25) is 9.89 Å². The second-order valence-corrected chi connectivity index (χ2v) is 9.67. The average Bonchev–Trinajstić information content (AvgIpc) is 3.11. The maximum atomic E-state index is 6.07. The van der Waals surface area contributed by atoms with Gasteiger partial charge in [-0.05, 0) is 46.0 Å². The van der Waals surface area contributed by atoms with Gasteiger partial charge in [0.25, 0.3) is 0 Å². The van der Waals surface area contributed by atoms with E-state index < -0.39 is 0 Å². The third-order valence-electron chi connectivity index (χ3n) is 5.91. The van der Waals surface area contributed by atoms with Gasteiger partial charge in [0, 0.05) is 62.9 Å². The lowest BCUT2D eigenvalue weighted by Crippen LogP contribution is -2.54. The van der Waals surface area contributed by atoms with E-state index in [9.17, 15) is 0 Å². The fourth-order valence-electron chi connectivity index (χ4n) is 3.92. The third kappa shape index (κ3) is 5.60. The van der Waals surface area contributed by atoms with Gasteiger partial charge < -0.3 is 19.9 Å². The quantitative estimate of drug-likeness (QED) is 0.558. The van der Waals surface area contributed by atoms with Crippen LogP contribution in [0, 0.1) is 0 Å². The summed E-state index contributed by atoms with van der Waals surface area (Å²) < 4.78 is 6.47. The number of rotatable bonds is 6.